The van der Waals surface area contributed by atoms with Crippen molar-refractivity contribution < 1.29 is 23.8 Å². The topological polar surface area (TPSA) is 61.8 Å². The molecule has 0 bridgehead atoms. The Bertz CT molecular complexity index is 769. The van der Waals surface area contributed by atoms with Gasteiger partial charge >= 0.3 is 11.9 Å². The quantitative estimate of drug-likeness (QED) is 0.0454. The Balaban J connectivity index is 4.04. The molecular formula is C51H100O5. The summed E-state index contributed by atoms with van der Waals surface area (Å²) in [6.07, 6.45) is 52.6. The molecule has 1 atom stereocenters. The molecule has 0 aromatic carbocycles. The van der Waals surface area contributed by atoms with E-state index in [1.165, 1.54) is 225 Å². The Hall–Kier alpha value is -1.10. The van der Waals surface area contributed by atoms with E-state index >= 15 is 0 Å². The lowest BCUT2D eigenvalue weighted by molar-refractivity contribution is -0.163. The summed E-state index contributed by atoms with van der Waals surface area (Å²) in [5, 5.41) is 0. The zero-order chi connectivity index (χ0) is 40.7. The molecule has 0 rings (SSSR count). The van der Waals surface area contributed by atoms with Crippen molar-refractivity contribution >= 4 is 11.9 Å². The highest BCUT2D eigenvalue weighted by atomic mass is 16.6. The Kier molecular flexibility index (Phi) is 47.3. The van der Waals surface area contributed by atoms with Crippen LogP contribution >= 0.6 is 0 Å². The van der Waals surface area contributed by atoms with Gasteiger partial charge < -0.3 is 14.2 Å². The summed E-state index contributed by atoms with van der Waals surface area (Å²) in [7, 11) is 0. The van der Waals surface area contributed by atoms with E-state index in [4.69, 9.17) is 14.2 Å². The van der Waals surface area contributed by atoms with E-state index in [1.807, 2.05) is 0 Å². The number of rotatable bonds is 48. The van der Waals surface area contributed by atoms with Gasteiger partial charge in [0.2, 0.25) is 0 Å². The molecule has 5 nitrogen and oxygen atoms in total. The molecule has 56 heavy (non-hydrogen) atoms. The molecule has 0 saturated carbocycles. The molecule has 0 aliphatic heterocycles. The molecule has 0 amide bonds. The van der Waals surface area contributed by atoms with Gasteiger partial charge in [-0.1, -0.05) is 258 Å². The molecular weight excluding hydrogens is 693 g/mol. The highest BCUT2D eigenvalue weighted by Crippen LogP contribution is 2.16. The average Bonchev–Trinajstić information content (AvgIpc) is 3.20. The number of esters is 2. The van der Waals surface area contributed by atoms with Crippen LogP contribution in [0.1, 0.15) is 290 Å². The van der Waals surface area contributed by atoms with E-state index in [9.17, 15) is 9.59 Å². The lowest BCUT2D eigenvalue weighted by atomic mass is 10.0. The Morgan fingerprint density at radius 1 is 0.321 bits per heavy atom. The highest BCUT2D eigenvalue weighted by Gasteiger charge is 2.17. The van der Waals surface area contributed by atoms with Crippen LogP contribution in [0.25, 0.3) is 0 Å². The first-order valence-electron chi connectivity index (χ1n) is 25.6. The van der Waals surface area contributed by atoms with E-state index in [-0.39, 0.29) is 18.5 Å². The number of carbonyl (C=O) groups excluding carboxylic acids is 2. The van der Waals surface area contributed by atoms with Crippen molar-refractivity contribution in [3.05, 3.63) is 0 Å². The third-order valence-corrected chi connectivity index (χ3v) is 11.6. The van der Waals surface area contributed by atoms with E-state index in [2.05, 4.69) is 20.8 Å². The molecule has 0 heterocycles. The first-order chi connectivity index (χ1) is 27.6. The second-order valence-corrected chi connectivity index (χ2v) is 17.5. The van der Waals surface area contributed by atoms with Crippen LogP contribution < -0.4 is 0 Å². The predicted octanol–water partition coefficient (Wildman–Crippen LogP) is 16.9. The van der Waals surface area contributed by atoms with E-state index < -0.39 is 6.10 Å². The zero-order valence-electron chi connectivity index (χ0n) is 38.4. The van der Waals surface area contributed by atoms with Crippen molar-refractivity contribution in [2.45, 2.75) is 297 Å². The normalized spacial score (nSPS) is 12.0. The number of carbonyl (C=O) groups is 2. The monoisotopic (exact) mass is 793 g/mol. The Labute approximate surface area is 351 Å². The van der Waals surface area contributed by atoms with Gasteiger partial charge in [-0.25, -0.2) is 0 Å². The fourth-order valence-electron chi connectivity index (χ4n) is 7.81. The van der Waals surface area contributed by atoms with Gasteiger partial charge in [-0.3, -0.25) is 9.59 Å². The first kappa shape index (κ1) is 54.9. The summed E-state index contributed by atoms with van der Waals surface area (Å²) in [4.78, 5) is 25.2. The van der Waals surface area contributed by atoms with Gasteiger partial charge in [0.15, 0.2) is 6.10 Å². The summed E-state index contributed by atoms with van der Waals surface area (Å²) in [6.45, 7) is 7.87. The first-order valence-corrected chi connectivity index (χ1v) is 25.6. The van der Waals surface area contributed by atoms with E-state index in [0.29, 0.717) is 26.1 Å². The van der Waals surface area contributed by atoms with Gasteiger partial charge in [0.05, 0.1) is 6.61 Å². The van der Waals surface area contributed by atoms with E-state index in [0.717, 1.165) is 32.1 Å². The molecule has 0 aliphatic carbocycles. The van der Waals surface area contributed by atoms with Crippen molar-refractivity contribution in [1.82, 2.24) is 0 Å². The van der Waals surface area contributed by atoms with Gasteiger partial charge in [-0.2, -0.15) is 0 Å². The molecule has 0 fully saturated rings. The van der Waals surface area contributed by atoms with Gasteiger partial charge in [0.25, 0.3) is 0 Å². The van der Waals surface area contributed by atoms with Crippen LogP contribution in [0.5, 0.6) is 0 Å². The summed E-state index contributed by atoms with van der Waals surface area (Å²) >= 11 is 0. The maximum absolute atomic E-state index is 12.7. The lowest BCUT2D eigenvalue weighted by Crippen LogP contribution is -2.30. The molecule has 0 radical (unpaired) electrons. The third kappa shape index (κ3) is 45.6. The standard InChI is InChI=1S/C51H100O5/c1-4-7-10-13-16-18-20-22-24-26-27-29-31-33-36-38-41-44-50(52)55-48-49(56-51(53)45-42-39-35-15-12-9-6-3)47-54-46-43-40-37-34-32-30-28-25-23-21-19-17-14-11-8-5-2/h49H,4-48H2,1-3H3. The van der Waals surface area contributed by atoms with Crippen LogP contribution in [0, 0.1) is 0 Å². The minimum absolute atomic E-state index is 0.0967. The predicted molar refractivity (Wildman–Crippen MR) is 243 cm³/mol. The summed E-state index contributed by atoms with van der Waals surface area (Å²) < 4.78 is 17.3. The molecule has 1 unspecified atom stereocenters. The van der Waals surface area contributed by atoms with Crippen molar-refractivity contribution in [3.63, 3.8) is 0 Å². The van der Waals surface area contributed by atoms with Gasteiger partial charge in [-0.05, 0) is 19.3 Å². The third-order valence-electron chi connectivity index (χ3n) is 11.6. The van der Waals surface area contributed by atoms with Crippen LogP contribution in [-0.4, -0.2) is 37.9 Å². The molecule has 5 heteroatoms. The van der Waals surface area contributed by atoms with Crippen molar-refractivity contribution in [3.8, 4) is 0 Å². The van der Waals surface area contributed by atoms with Crippen molar-refractivity contribution in [1.29, 1.82) is 0 Å². The number of hydrogen-bond donors (Lipinski definition) is 0. The zero-order valence-corrected chi connectivity index (χ0v) is 38.4. The van der Waals surface area contributed by atoms with Crippen LogP contribution in [0.2, 0.25) is 0 Å². The number of unbranched alkanes of at least 4 members (excludes halogenated alkanes) is 37. The molecule has 0 aromatic rings. The lowest BCUT2D eigenvalue weighted by Gasteiger charge is -2.18. The van der Waals surface area contributed by atoms with Crippen LogP contribution in [0.3, 0.4) is 0 Å². The molecule has 0 spiro atoms. The molecule has 0 saturated heterocycles. The summed E-state index contributed by atoms with van der Waals surface area (Å²) in [6, 6.07) is 0. The molecule has 334 valence electrons. The van der Waals surface area contributed by atoms with Crippen molar-refractivity contribution in [2.24, 2.45) is 0 Å². The average molecular weight is 793 g/mol. The number of hydrogen-bond acceptors (Lipinski definition) is 5. The SMILES string of the molecule is CCCCCCCCCCCCCCCCCCCC(=O)OCC(COCCCCCCCCCCCCCCCCCC)OC(=O)CCCCCCCCC. The largest absolute Gasteiger partial charge is 0.462 e. The van der Waals surface area contributed by atoms with Gasteiger partial charge in [0.1, 0.15) is 6.61 Å². The van der Waals surface area contributed by atoms with E-state index in [1.54, 1.807) is 0 Å². The van der Waals surface area contributed by atoms with Crippen LogP contribution in [0.15, 0.2) is 0 Å². The smallest absolute Gasteiger partial charge is 0.306 e. The van der Waals surface area contributed by atoms with Crippen molar-refractivity contribution in [2.75, 3.05) is 19.8 Å². The molecule has 0 N–H and O–H groups in total. The minimum Gasteiger partial charge on any atom is -0.462 e. The maximum atomic E-state index is 12.7. The fraction of sp³-hybridized carbons (Fsp3) is 0.961. The molecule has 0 aromatic heterocycles. The number of ether oxygens (including phenoxy) is 3. The second-order valence-electron chi connectivity index (χ2n) is 17.5. The van der Waals surface area contributed by atoms with Crippen LogP contribution in [-0.2, 0) is 23.8 Å². The Morgan fingerprint density at radius 3 is 0.911 bits per heavy atom. The summed E-state index contributed by atoms with van der Waals surface area (Å²) in [5.74, 6) is -0.379. The second kappa shape index (κ2) is 48.3. The summed E-state index contributed by atoms with van der Waals surface area (Å²) in [5.41, 5.74) is 0. The highest BCUT2D eigenvalue weighted by molar-refractivity contribution is 5.70. The minimum atomic E-state index is -0.521. The van der Waals surface area contributed by atoms with Gasteiger partial charge in [0, 0.05) is 19.4 Å². The molecule has 0 aliphatic rings. The van der Waals surface area contributed by atoms with Gasteiger partial charge in [-0.15, -0.1) is 0 Å². The fourth-order valence-corrected chi connectivity index (χ4v) is 7.81. The maximum Gasteiger partial charge on any atom is 0.306 e. The Morgan fingerprint density at radius 2 is 0.589 bits per heavy atom. The van der Waals surface area contributed by atoms with Crippen LogP contribution in [0.4, 0.5) is 0 Å².